The molecule has 1 aliphatic rings. The fourth-order valence-corrected chi connectivity index (χ4v) is 2.14. The molecule has 4 N–H and O–H groups in total. The summed E-state index contributed by atoms with van der Waals surface area (Å²) in [6, 6.07) is 6.85. The first-order valence-electron chi connectivity index (χ1n) is 6.20. The number of rotatable bonds is 1. The van der Waals surface area contributed by atoms with Crippen LogP contribution in [-0.2, 0) is 9.47 Å². The van der Waals surface area contributed by atoms with Gasteiger partial charge in [-0.15, -0.1) is 0 Å². The van der Waals surface area contributed by atoms with Crippen LogP contribution in [0.15, 0.2) is 24.3 Å². The van der Waals surface area contributed by atoms with Crippen molar-refractivity contribution < 1.29 is 29.9 Å². The van der Waals surface area contributed by atoms with Crippen LogP contribution in [0.5, 0.6) is 0 Å². The molecule has 1 saturated heterocycles. The van der Waals surface area contributed by atoms with Gasteiger partial charge in [0, 0.05) is 10.6 Å². The van der Waals surface area contributed by atoms with Crippen LogP contribution in [0.2, 0.25) is 5.02 Å². The van der Waals surface area contributed by atoms with Crippen molar-refractivity contribution in [2.75, 3.05) is 13.2 Å². The van der Waals surface area contributed by atoms with Crippen LogP contribution >= 0.6 is 11.6 Å². The van der Waals surface area contributed by atoms with Gasteiger partial charge in [0.2, 0.25) is 0 Å². The molecule has 1 heterocycles. The van der Waals surface area contributed by atoms with Crippen molar-refractivity contribution in [3.8, 4) is 0 Å². The summed E-state index contributed by atoms with van der Waals surface area (Å²) in [5.41, 5.74) is 0.541. The lowest BCUT2D eigenvalue weighted by Gasteiger charge is -2.23. The van der Waals surface area contributed by atoms with E-state index in [0.717, 1.165) is 0 Å². The Morgan fingerprint density at radius 3 is 1.90 bits per heavy atom. The summed E-state index contributed by atoms with van der Waals surface area (Å²) in [7, 11) is 0. The van der Waals surface area contributed by atoms with Crippen molar-refractivity contribution in [1.29, 1.82) is 0 Å². The fourth-order valence-electron chi connectivity index (χ4n) is 1.92. The molecular weight excluding hydrogens is 288 g/mol. The monoisotopic (exact) mass is 304 g/mol. The molecule has 0 saturated carbocycles. The Morgan fingerprint density at radius 2 is 1.40 bits per heavy atom. The standard InChI is InChI=1S/C13H17ClO6/c14-8-4-2-1-3-7(8)13-19-5-9(15)11(17)12(18)10(16)6-20-13/h1-4,9-13,15-18H,5-6H2/t9-,10+,11-,12-,13?/m1/s1. The summed E-state index contributed by atoms with van der Waals surface area (Å²) in [6.45, 7) is -0.526. The maximum Gasteiger partial charge on any atom is 0.185 e. The minimum Gasteiger partial charge on any atom is -0.388 e. The maximum atomic E-state index is 9.70. The zero-order valence-electron chi connectivity index (χ0n) is 10.6. The zero-order chi connectivity index (χ0) is 14.7. The highest BCUT2D eigenvalue weighted by Crippen LogP contribution is 2.28. The van der Waals surface area contributed by atoms with Crippen LogP contribution in [0.1, 0.15) is 11.9 Å². The molecule has 5 atom stereocenters. The highest BCUT2D eigenvalue weighted by atomic mass is 35.5. The van der Waals surface area contributed by atoms with Gasteiger partial charge in [-0.2, -0.15) is 0 Å². The molecule has 112 valence electrons. The summed E-state index contributed by atoms with van der Waals surface area (Å²) in [5.74, 6) is 0. The quantitative estimate of drug-likeness (QED) is 0.575. The number of ether oxygens (including phenoxy) is 2. The smallest absolute Gasteiger partial charge is 0.185 e. The van der Waals surface area contributed by atoms with Crippen LogP contribution in [0, 0.1) is 0 Å². The van der Waals surface area contributed by atoms with Gasteiger partial charge in [0.15, 0.2) is 6.29 Å². The molecule has 0 aromatic heterocycles. The minimum absolute atomic E-state index is 0.263. The first-order chi connectivity index (χ1) is 9.50. The SMILES string of the molecule is O[C@H]1[C@H](O)[C@@H](O)COC(c2ccccc2Cl)OC[C@H]1O. The van der Waals surface area contributed by atoms with Gasteiger partial charge < -0.3 is 29.9 Å². The van der Waals surface area contributed by atoms with Crippen molar-refractivity contribution in [2.24, 2.45) is 0 Å². The number of aliphatic hydroxyl groups excluding tert-OH is 4. The van der Waals surface area contributed by atoms with E-state index in [2.05, 4.69) is 0 Å². The van der Waals surface area contributed by atoms with Gasteiger partial charge in [0.1, 0.15) is 24.4 Å². The summed E-state index contributed by atoms with van der Waals surface area (Å²) in [6.07, 6.45) is -6.61. The third kappa shape index (κ3) is 3.48. The second-order valence-corrected chi connectivity index (χ2v) is 5.04. The van der Waals surface area contributed by atoms with E-state index in [4.69, 9.17) is 21.1 Å². The molecule has 0 amide bonds. The van der Waals surface area contributed by atoms with Crippen LogP contribution in [-0.4, -0.2) is 58.1 Å². The van der Waals surface area contributed by atoms with Crippen LogP contribution in [0.3, 0.4) is 0 Å². The number of hydrogen-bond acceptors (Lipinski definition) is 6. The second-order valence-electron chi connectivity index (χ2n) is 4.64. The largest absolute Gasteiger partial charge is 0.388 e. The van der Waals surface area contributed by atoms with E-state index in [9.17, 15) is 20.4 Å². The van der Waals surface area contributed by atoms with Gasteiger partial charge in [-0.25, -0.2) is 0 Å². The Morgan fingerprint density at radius 1 is 0.900 bits per heavy atom. The summed E-state index contributed by atoms with van der Waals surface area (Å²) in [4.78, 5) is 0. The van der Waals surface area contributed by atoms with Crippen molar-refractivity contribution in [2.45, 2.75) is 30.7 Å². The van der Waals surface area contributed by atoms with Crippen LogP contribution in [0.25, 0.3) is 0 Å². The second kappa shape index (κ2) is 6.82. The van der Waals surface area contributed by atoms with Gasteiger partial charge in [-0.3, -0.25) is 0 Å². The number of hydrogen-bond donors (Lipinski definition) is 4. The van der Waals surface area contributed by atoms with Gasteiger partial charge in [0.05, 0.1) is 13.2 Å². The lowest BCUT2D eigenvalue weighted by atomic mass is 10.0. The summed E-state index contributed by atoms with van der Waals surface area (Å²) < 4.78 is 10.7. The van der Waals surface area contributed by atoms with E-state index in [0.29, 0.717) is 10.6 Å². The molecule has 7 heteroatoms. The Hall–Kier alpha value is -0.730. The Kier molecular flexibility index (Phi) is 5.34. The lowest BCUT2D eigenvalue weighted by molar-refractivity contribution is -0.170. The third-order valence-electron chi connectivity index (χ3n) is 3.13. The summed E-state index contributed by atoms with van der Waals surface area (Å²) >= 11 is 6.04. The molecule has 6 nitrogen and oxygen atoms in total. The Balaban J connectivity index is 2.18. The molecule has 0 aliphatic carbocycles. The van der Waals surface area contributed by atoms with E-state index >= 15 is 0 Å². The predicted molar refractivity (Wildman–Crippen MR) is 70.1 cm³/mol. The average molecular weight is 305 g/mol. The van der Waals surface area contributed by atoms with Crippen LogP contribution < -0.4 is 0 Å². The first kappa shape index (κ1) is 15.7. The van der Waals surface area contributed by atoms with Crippen molar-refractivity contribution in [1.82, 2.24) is 0 Å². The van der Waals surface area contributed by atoms with E-state index in [1.165, 1.54) is 0 Å². The molecule has 2 rings (SSSR count). The highest BCUT2D eigenvalue weighted by Gasteiger charge is 2.34. The third-order valence-corrected chi connectivity index (χ3v) is 3.48. The highest BCUT2D eigenvalue weighted by molar-refractivity contribution is 6.31. The molecule has 0 radical (unpaired) electrons. The Labute approximate surface area is 121 Å². The molecule has 20 heavy (non-hydrogen) atoms. The lowest BCUT2D eigenvalue weighted by Crippen LogP contribution is -2.46. The Bertz CT molecular complexity index is 425. The molecule has 1 fully saturated rings. The normalized spacial score (nSPS) is 36.0. The number of benzene rings is 1. The summed E-state index contributed by atoms with van der Waals surface area (Å²) in [5, 5.41) is 39.1. The van der Waals surface area contributed by atoms with E-state index < -0.39 is 30.7 Å². The number of halogens is 1. The molecule has 1 unspecified atom stereocenters. The zero-order valence-corrected chi connectivity index (χ0v) is 11.3. The molecule has 1 aliphatic heterocycles. The fraction of sp³-hybridized carbons (Fsp3) is 0.538. The van der Waals surface area contributed by atoms with E-state index in [-0.39, 0.29) is 13.2 Å². The van der Waals surface area contributed by atoms with E-state index in [1.807, 2.05) is 0 Å². The topological polar surface area (TPSA) is 99.4 Å². The number of aliphatic hydroxyl groups is 4. The molecule has 0 spiro atoms. The van der Waals surface area contributed by atoms with Crippen molar-refractivity contribution >= 4 is 11.6 Å². The van der Waals surface area contributed by atoms with Gasteiger partial charge in [-0.1, -0.05) is 29.8 Å². The van der Waals surface area contributed by atoms with Crippen molar-refractivity contribution in [3.63, 3.8) is 0 Å². The average Bonchev–Trinajstić information content (AvgIpc) is 2.49. The molecular formula is C13H17ClO6. The van der Waals surface area contributed by atoms with Crippen LogP contribution in [0.4, 0.5) is 0 Å². The van der Waals surface area contributed by atoms with Gasteiger partial charge in [-0.05, 0) is 6.07 Å². The minimum atomic E-state index is -1.52. The predicted octanol–water partition coefficient (Wildman–Crippen LogP) is -0.171. The van der Waals surface area contributed by atoms with Gasteiger partial charge >= 0.3 is 0 Å². The van der Waals surface area contributed by atoms with E-state index in [1.54, 1.807) is 24.3 Å². The molecule has 1 aromatic carbocycles. The molecule has 0 bridgehead atoms. The molecule has 1 aromatic rings. The van der Waals surface area contributed by atoms with Crippen molar-refractivity contribution in [3.05, 3.63) is 34.9 Å². The maximum absolute atomic E-state index is 9.70. The van der Waals surface area contributed by atoms with Gasteiger partial charge in [0.25, 0.3) is 0 Å². The first-order valence-corrected chi connectivity index (χ1v) is 6.58.